The van der Waals surface area contributed by atoms with Gasteiger partial charge in [-0.1, -0.05) is 28.1 Å². The molecule has 0 amide bonds. The number of aromatic nitrogens is 2. The summed E-state index contributed by atoms with van der Waals surface area (Å²) in [4.78, 5) is 20.1. The molecule has 0 aliphatic carbocycles. The van der Waals surface area contributed by atoms with E-state index in [-0.39, 0.29) is 0 Å². The van der Waals surface area contributed by atoms with E-state index in [1.807, 2.05) is 35.7 Å². The summed E-state index contributed by atoms with van der Waals surface area (Å²) < 4.78 is 1.79. The van der Waals surface area contributed by atoms with Gasteiger partial charge in [-0.15, -0.1) is 11.3 Å². The lowest BCUT2D eigenvalue weighted by molar-refractivity contribution is -0.138. The van der Waals surface area contributed by atoms with Gasteiger partial charge in [0.15, 0.2) is 0 Å². The number of carboxylic acid groups (broad SMARTS) is 1. The van der Waals surface area contributed by atoms with Crippen LogP contribution in [0, 0.1) is 0 Å². The number of benzene rings is 1. The molecular formula is C15H11BrN2O2S. The highest BCUT2D eigenvalue weighted by atomic mass is 79.9. The Morgan fingerprint density at radius 3 is 2.95 bits per heavy atom. The molecule has 3 aromatic rings. The predicted molar refractivity (Wildman–Crippen MR) is 85.6 cm³/mol. The molecular weight excluding hydrogens is 352 g/mol. The molecule has 106 valence electrons. The number of hydrogen-bond donors (Lipinski definition) is 1. The lowest BCUT2D eigenvalue weighted by Gasteiger charge is -2.12. The molecule has 0 saturated heterocycles. The molecule has 3 rings (SSSR count). The molecule has 6 heteroatoms. The van der Waals surface area contributed by atoms with Crippen molar-refractivity contribution in [2.24, 2.45) is 0 Å². The molecule has 4 nitrogen and oxygen atoms in total. The molecule has 1 N–H and O–H groups in total. The summed E-state index contributed by atoms with van der Waals surface area (Å²) in [6.07, 6.45) is 1.83. The van der Waals surface area contributed by atoms with Crippen molar-refractivity contribution in [1.82, 2.24) is 9.97 Å². The first kappa shape index (κ1) is 14.2. The van der Waals surface area contributed by atoms with Crippen LogP contribution < -0.4 is 0 Å². The van der Waals surface area contributed by atoms with Gasteiger partial charge >= 0.3 is 5.97 Å². The highest BCUT2D eigenvalue weighted by molar-refractivity contribution is 9.10. The molecule has 0 spiro atoms. The number of fused-ring (bicyclic) bond motifs is 1. The van der Waals surface area contributed by atoms with Crippen molar-refractivity contribution in [3.63, 3.8) is 0 Å². The van der Waals surface area contributed by atoms with E-state index in [0.717, 1.165) is 20.3 Å². The van der Waals surface area contributed by atoms with Crippen LogP contribution in [0.2, 0.25) is 0 Å². The van der Waals surface area contributed by atoms with Crippen LogP contribution in [-0.4, -0.2) is 21.0 Å². The monoisotopic (exact) mass is 362 g/mol. The second-order valence-electron chi connectivity index (χ2n) is 4.62. The number of aliphatic carboxylic acids is 1. The molecule has 0 aliphatic heterocycles. The Morgan fingerprint density at radius 2 is 2.19 bits per heavy atom. The average Bonchev–Trinajstić information content (AvgIpc) is 2.93. The summed E-state index contributed by atoms with van der Waals surface area (Å²) >= 11 is 4.88. The molecule has 0 bridgehead atoms. The zero-order valence-corrected chi connectivity index (χ0v) is 13.3. The van der Waals surface area contributed by atoms with Crippen LogP contribution in [0.4, 0.5) is 0 Å². The minimum Gasteiger partial charge on any atom is -0.481 e. The Bertz CT molecular complexity index is 803. The smallest absolute Gasteiger partial charge is 0.312 e. The van der Waals surface area contributed by atoms with Crippen molar-refractivity contribution in [3.05, 3.63) is 57.8 Å². The van der Waals surface area contributed by atoms with Crippen LogP contribution >= 0.6 is 27.3 Å². The van der Waals surface area contributed by atoms with E-state index in [1.165, 1.54) is 17.7 Å². The normalized spacial score (nSPS) is 12.4. The fourth-order valence-corrected chi connectivity index (χ4v) is 3.59. The Labute approximate surface area is 133 Å². The van der Waals surface area contributed by atoms with Crippen LogP contribution in [0.3, 0.4) is 0 Å². The van der Waals surface area contributed by atoms with E-state index >= 15 is 0 Å². The standard InChI is InChI=1S/C15H11BrN2O2S/c16-10-3-1-2-9(6-10)7-11(15(19)20)13-14-12(4-5-21-14)17-8-18-13/h1-6,8,11H,7H2,(H,19,20). The fraction of sp³-hybridized carbons (Fsp3) is 0.133. The predicted octanol–water partition coefficient (Wildman–Crippen LogP) is 3.86. The van der Waals surface area contributed by atoms with Gasteiger partial charge in [-0.2, -0.15) is 0 Å². The molecule has 2 aromatic heterocycles. The van der Waals surface area contributed by atoms with E-state index in [4.69, 9.17) is 0 Å². The summed E-state index contributed by atoms with van der Waals surface area (Å²) in [5.41, 5.74) is 2.34. The van der Waals surface area contributed by atoms with Crippen molar-refractivity contribution in [2.75, 3.05) is 0 Å². The minimum atomic E-state index is -0.872. The van der Waals surface area contributed by atoms with E-state index < -0.39 is 11.9 Å². The third-order valence-corrected chi connectivity index (χ3v) is 4.65. The van der Waals surface area contributed by atoms with Gasteiger partial charge in [-0.25, -0.2) is 9.97 Å². The molecule has 0 aliphatic rings. The van der Waals surface area contributed by atoms with Gasteiger partial charge in [0.25, 0.3) is 0 Å². The summed E-state index contributed by atoms with van der Waals surface area (Å²) in [6.45, 7) is 0. The Balaban J connectivity index is 2.02. The van der Waals surface area contributed by atoms with E-state index in [0.29, 0.717) is 12.1 Å². The van der Waals surface area contributed by atoms with Crippen LogP contribution in [0.5, 0.6) is 0 Å². The zero-order valence-electron chi connectivity index (χ0n) is 10.9. The van der Waals surface area contributed by atoms with Crippen LogP contribution in [-0.2, 0) is 11.2 Å². The van der Waals surface area contributed by atoms with E-state index in [9.17, 15) is 9.90 Å². The topological polar surface area (TPSA) is 63.1 Å². The quantitative estimate of drug-likeness (QED) is 0.765. The first-order chi connectivity index (χ1) is 10.1. The number of nitrogens with zero attached hydrogens (tertiary/aromatic N) is 2. The number of carbonyl (C=O) groups is 1. The number of hydrogen-bond acceptors (Lipinski definition) is 4. The van der Waals surface area contributed by atoms with E-state index in [2.05, 4.69) is 25.9 Å². The van der Waals surface area contributed by atoms with Gasteiger partial charge in [0.05, 0.1) is 15.9 Å². The fourth-order valence-electron chi connectivity index (χ4n) is 2.26. The number of thiophene rings is 1. The van der Waals surface area contributed by atoms with Crippen molar-refractivity contribution in [2.45, 2.75) is 12.3 Å². The van der Waals surface area contributed by atoms with Crippen molar-refractivity contribution in [3.8, 4) is 0 Å². The molecule has 0 fully saturated rings. The van der Waals surface area contributed by atoms with Gasteiger partial charge in [0.2, 0.25) is 0 Å². The Kier molecular flexibility index (Phi) is 3.98. The van der Waals surface area contributed by atoms with Gasteiger partial charge in [0.1, 0.15) is 12.2 Å². The van der Waals surface area contributed by atoms with Crippen molar-refractivity contribution in [1.29, 1.82) is 0 Å². The summed E-state index contributed by atoms with van der Waals surface area (Å²) in [5.74, 6) is -1.55. The summed E-state index contributed by atoms with van der Waals surface area (Å²) in [7, 11) is 0. The second kappa shape index (κ2) is 5.91. The van der Waals surface area contributed by atoms with Crippen molar-refractivity contribution >= 4 is 43.5 Å². The highest BCUT2D eigenvalue weighted by Crippen LogP contribution is 2.29. The maximum absolute atomic E-state index is 11.7. The summed E-state index contributed by atoms with van der Waals surface area (Å²) in [5, 5.41) is 11.5. The average molecular weight is 363 g/mol. The maximum atomic E-state index is 11.7. The minimum absolute atomic E-state index is 0.402. The van der Waals surface area contributed by atoms with Gasteiger partial charge in [0, 0.05) is 4.47 Å². The lowest BCUT2D eigenvalue weighted by atomic mass is 9.96. The van der Waals surface area contributed by atoms with E-state index in [1.54, 1.807) is 0 Å². The molecule has 0 saturated carbocycles. The first-order valence-corrected chi connectivity index (χ1v) is 7.98. The maximum Gasteiger partial charge on any atom is 0.312 e. The van der Waals surface area contributed by atoms with Gasteiger partial charge in [-0.3, -0.25) is 4.79 Å². The number of carboxylic acids is 1. The first-order valence-electron chi connectivity index (χ1n) is 6.30. The van der Waals surface area contributed by atoms with Crippen LogP contribution in [0.1, 0.15) is 17.2 Å². The van der Waals surface area contributed by atoms with Gasteiger partial charge < -0.3 is 5.11 Å². The number of halogens is 1. The largest absolute Gasteiger partial charge is 0.481 e. The lowest BCUT2D eigenvalue weighted by Crippen LogP contribution is -2.16. The van der Waals surface area contributed by atoms with Crippen LogP contribution in [0.15, 0.2) is 46.5 Å². The van der Waals surface area contributed by atoms with Crippen LogP contribution in [0.25, 0.3) is 10.2 Å². The summed E-state index contributed by atoms with van der Waals surface area (Å²) in [6, 6.07) is 9.56. The molecule has 0 radical (unpaired) electrons. The molecule has 2 heterocycles. The third kappa shape index (κ3) is 2.96. The number of rotatable bonds is 4. The second-order valence-corrected chi connectivity index (χ2v) is 6.45. The molecule has 1 atom stereocenters. The molecule has 1 unspecified atom stereocenters. The zero-order chi connectivity index (χ0) is 14.8. The SMILES string of the molecule is O=C(O)C(Cc1cccc(Br)c1)c1ncnc2ccsc12. The highest BCUT2D eigenvalue weighted by Gasteiger charge is 2.24. The Morgan fingerprint density at radius 1 is 1.33 bits per heavy atom. The third-order valence-electron chi connectivity index (χ3n) is 3.23. The Hall–Kier alpha value is -1.79. The van der Waals surface area contributed by atoms with Gasteiger partial charge in [-0.05, 0) is 35.6 Å². The molecule has 1 aromatic carbocycles. The molecule has 21 heavy (non-hydrogen) atoms. The van der Waals surface area contributed by atoms with Crippen molar-refractivity contribution < 1.29 is 9.90 Å².